The third kappa shape index (κ3) is 4.06. The monoisotopic (exact) mass is 466 g/mol. The van der Waals surface area contributed by atoms with Crippen LogP contribution in [0.3, 0.4) is 0 Å². The molecule has 0 bridgehead atoms. The molecule has 0 N–H and O–H groups in total. The van der Waals surface area contributed by atoms with E-state index in [1.807, 2.05) is 11.9 Å². The van der Waals surface area contributed by atoms with Crippen molar-refractivity contribution in [2.75, 3.05) is 17.7 Å². The fourth-order valence-electron chi connectivity index (χ4n) is 3.35. The number of nitrogens with zero attached hydrogens (tertiary/aromatic N) is 6. The predicted octanol–water partition coefficient (Wildman–Crippen LogP) is 3.35. The zero-order valence-electron chi connectivity index (χ0n) is 17.6. The Bertz CT molecular complexity index is 1270. The molecule has 170 valence electrons. The molecule has 3 heterocycles. The molecule has 0 amide bonds. The predicted molar refractivity (Wildman–Crippen MR) is 112 cm³/mol. The topological polar surface area (TPSA) is 93.9 Å². The molecule has 1 saturated carbocycles. The zero-order valence-corrected chi connectivity index (χ0v) is 18.4. The minimum atomic E-state index is -4.54. The molecule has 1 fully saturated rings. The lowest BCUT2D eigenvalue weighted by atomic mass is 10.2. The van der Waals surface area contributed by atoms with E-state index < -0.39 is 21.6 Å². The second-order valence-corrected chi connectivity index (χ2v) is 9.87. The van der Waals surface area contributed by atoms with Crippen LogP contribution in [0.15, 0.2) is 35.5 Å². The molecule has 1 aliphatic rings. The molecule has 3 aromatic rings. The molecule has 12 heteroatoms. The van der Waals surface area contributed by atoms with Gasteiger partial charge in [-0.2, -0.15) is 13.2 Å². The maximum Gasteiger partial charge on any atom is 0.416 e. The van der Waals surface area contributed by atoms with Crippen LogP contribution in [0.5, 0.6) is 0 Å². The van der Waals surface area contributed by atoms with E-state index in [9.17, 15) is 21.6 Å². The maximum absolute atomic E-state index is 13.1. The highest BCUT2D eigenvalue weighted by Gasteiger charge is 2.32. The zero-order chi connectivity index (χ0) is 23.3. The van der Waals surface area contributed by atoms with Gasteiger partial charge in [-0.05, 0) is 31.0 Å². The Labute approximate surface area is 183 Å². The number of rotatable bonds is 6. The van der Waals surface area contributed by atoms with Gasteiger partial charge in [-0.15, -0.1) is 10.2 Å². The van der Waals surface area contributed by atoms with Crippen LogP contribution in [-0.2, 0) is 23.1 Å². The smallest absolute Gasteiger partial charge is 0.370 e. The minimum absolute atomic E-state index is 0.00375. The van der Waals surface area contributed by atoms with Crippen molar-refractivity contribution in [1.29, 1.82) is 0 Å². The quantitative estimate of drug-likeness (QED) is 0.550. The van der Waals surface area contributed by atoms with Crippen LogP contribution < -0.4 is 4.90 Å². The first kappa shape index (κ1) is 22.2. The van der Waals surface area contributed by atoms with Crippen LogP contribution in [0.1, 0.15) is 25.3 Å². The first-order valence-corrected chi connectivity index (χ1v) is 11.6. The third-order valence-corrected chi connectivity index (χ3v) is 7.20. The number of alkyl halides is 3. The Kier molecular flexibility index (Phi) is 5.43. The normalized spacial score (nSPS) is 14.6. The van der Waals surface area contributed by atoms with Gasteiger partial charge in [-0.1, -0.05) is 6.92 Å². The summed E-state index contributed by atoms with van der Waals surface area (Å²) in [5.41, 5.74) is -0.142. The Morgan fingerprint density at radius 1 is 1.16 bits per heavy atom. The van der Waals surface area contributed by atoms with E-state index in [4.69, 9.17) is 0 Å². The molecule has 0 spiro atoms. The van der Waals surface area contributed by atoms with Crippen LogP contribution in [-0.4, -0.2) is 52.0 Å². The largest absolute Gasteiger partial charge is 0.416 e. The van der Waals surface area contributed by atoms with Crippen molar-refractivity contribution in [2.45, 2.75) is 36.9 Å². The highest BCUT2D eigenvalue weighted by Crippen LogP contribution is 2.35. The number of hydrogen-bond acceptors (Lipinski definition) is 7. The van der Waals surface area contributed by atoms with Crippen molar-refractivity contribution in [3.05, 3.63) is 36.2 Å². The van der Waals surface area contributed by atoms with Crippen LogP contribution in [0, 0.1) is 0 Å². The van der Waals surface area contributed by atoms with Crippen molar-refractivity contribution in [3.8, 4) is 23.0 Å². The summed E-state index contributed by atoms with van der Waals surface area (Å²) in [5.74, 6) is 0.0387. The third-order valence-electron chi connectivity index (χ3n) is 5.46. The first-order chi connectivity index (χ1) is 15.0. The minimum Gasteiger partial charge on any atom is -0.370 e. The molecule has 0 unspecified atom stereocenters. The highest BCUT2D eigenvalue weighted by molar-refractivity contribution is 7.91. The second-order valence-electron chi connectivity index (χ2n) is 7.62. The van der Waals surface area contributed by atoms with Gasteiger partial charge in [-0.25, -0.2) is 13.4 Å². The van der Waals surface area contributed by atoms with Crippen LogP contribution in [0.25, 0.3) is 23.0 Å². The van der Waals surface area contributed by atoms with Gasteiger partial charge in [0.15, 0.2) is 21.5 Å². The van der Waals surface area contributed by atoms with E-state index in [0.717, 1.165) is 31.2 Å². The lowest BCUT2D eigenvalue weighted by molar-refractivity contribution is -0.137. The maximum atomic E-state index is 13.1. The number of sulfone groups is 1. The van der Waals surface area contributed by atoms with E-state index >= 15 is 0 Å². The Morgan fingerprint density at radius 2 is 1.84 bits per heavy atom. The molecular formula is C20H21F3N6O2S. The summed E-state index contributed by atoms with van der Waals surface area (Å²) in [6, 6.07) is 3.66. The molecule has 8 nitrogen and oxygen atoms in total. The van der Waals surface area contributed by atoms with Gasteiger partial charge in [0.2, 0.25) is 0 Å². The molecule has 0 atom stereocenters. The van der Waals surface area contributed by atoms with E-state index in [-0.39, 0.29) is 33.7 Å². The van der Waals surface area contributed by atoms with Gasteiger partial charge in [0.05, 0.1) is 28.1 Å². The first-order valence-electron chi connectivity index (χ1n) is 9.92. The molecule has 3 aromatic heterocycles. The molecule has 0 radical (unpaired) electrons. The number of anilines is 1. The summed E-state index contributed by atoms with van der Waals surface area (Å²) < 4.78 is 66.4. The van der Waals surface area contributed by atoms with E-state index in [1.165, 1.54) is 18.5 Å². The number of halogens is 3. The molecule has 4 rings (SSSR count). The van der Waals surface area contributed by atoms with E-state index in [1.54, 1.807) is 12.3 Å². The molecule has 0 aliphatic heterocycles. The van der Waals surface area contributed by atoms with Crippen molar-refractivity contribution in [2.24, 2.45) is 7.05 Å². The summed E-state index contributed by atoms with van der Waals surface area (Å²) in [6.45, 7) is 1.53. The summed E-state index contributed by atoms with van der Waals surface area (Å²) >= 11 is 0. The second kappa shape index (κ2) is 7.84. The summed E-state index contributed by atoms with van der Waals surface area (Å²) in [7, 11) is -0.257. The molecule has 32 heavy (non-hydrogen) atoms. The Balaban J connectivity index is 1.82. The molecule has 0 aromatic carbocycles. The van der Waals surface area contributed by atoms with Gasteiger partial charge in [0.1, 0.15) is 11.4 Å². The molecule has 0 saturated heterocycles. The summed E-state index contributed by atoms with van der Waals surface area (Å²) in [4.78, 5) is 10.3. The van der Waals surface area contributed by atoms with Crippen LogP contribution in [0.2, 0.25) is 0 Å². The van der Waals surface area contributed by atoms with Gasteiger partial charge in [0, 0.05) is 26.3 Å². The van der Waals surface area contributed by atoms with E-state index in [2.05, 4.69) is 20.2 Å². The van der Waals surface area contributed by atoms with Gasteiger partial charge in [-0.3, -0.25) is 4.98 Å². The SMILES string of the molecule is CCS(=O)(=O)c1cc(N(C)C2CC2)cnc1-c1nnc(-c2cc(C(F)(F)F)ccn2)n1C. The standard InChI is InChI=1S/C20H21F3N6O2S/c1-4-32(30,31)16-10-14(28(2)13-5-6-13)11-25-17(16)19-27-26-18(29(19)3)15-9-12(7-8-24-15)20(21,22)23/h7-11,13H,4-6H2,1-3H3. The van der Waals surface area contributed by atoms with Gasteiger partial charge >= 0.3 is 6.18 Å². The fourth-order valence-corrected chi connectivity index (χ4v) is 4.40. The summed E-state index contributed by atoms with van der Waals surface area (Å²) in [6.07, 6.45) is 0.140. The van der Waals surface area contributed by atoms with E-state index in [0.29, 0.717) is 11.7 Å². The van der Waals surface area contributed by atoms with Crippen molar-refractivity contribution in [1.82, 2.24) is 24.7 Å². The molecular weight excluding hydrogens is 445 g/mol. The Hall–Kier alpha value is -3.02. The Morgan fingerprint density at radius 3 is 2.47 bits per heavy atom. The average Bonchev–Trinajstić information content (AvgIpc) is 3.54. The fraction of sp³-hybridized carbons (Fsp3) is 0.400. The number of pyridine rings is 2. The van der Waals surface area contributed by atoms with Crippen LogP contribution >= 0.6 is 0 Å². The van der Waals surface area contributed by atoms with Gasteiger partial charge < -0.3 is 9.47 Å². The lowest BCUT2D eigenvalue weighted by Crippen LogP contribution is -2.20. The lowest BCUT2D eigenvalue weighted by Gasteiger charge is -2.20. The number of aromatic nitrogens is 5. The molecule has 1 aliphatic carbocycles. The average molecular weight is 466 g/mol. The number of hydrogen-bond donors (Lipinski definition) is 0. The highest BCUT2D eigenvalue weighted by atomic mass is 32.2. The van der Waals surface area contributed by atoms with Crippen molar-refractivity contribution in [3.63, 3.8) is 0 Å². The van der Waals surface area contributed by atoms with Crippen molar-refractivity contribution < 1.29 is 21.6 Å². The van der Waals surface area contributed by atoms with Crippen molar-refractivity contribution >= 4 is 15.5 Å². The van der Waals surface area contributed by atoms with Gasteiger partial charge in [0.25, 0.3) is 0 Å². The summed E-state index contributed by atoms with van der Waals surface area (Å²) in [5, 5.41) is 8.00. The van der Waals surface area contributed by atoms with Crippen LogP contribution in [0.4, 0.5) is 18.9 Å².